The number of halogens is 2. The molecule has 0 amide bonds. The van der Waals surface area contributed by atoms with Crippen molar-refractivity contribution < 1.29 is 23.4 Å². The van der Waals surface area contributed by atoms with Gasteiger partial charge in [0, 0.05) is 18.0 Å². The highest BCUT2D eigenvalue weighted by Crippen LogP contribution is 2.24. The second-order valence-corrected chi connectivity index (χ2v) is 3.80. The minimum absolute atomic E-state index is 0.0447. The van der Waals surface area contributed by atoms with Crippen LogP contribution in [-0.2, 0) is 0 Å². The van der Waals surface area contributed by atoms with Gasteiger partial charge in [-0.25, -0.2) is 18.6 Å². The van der Waals surface area contributed by atoms with Crippen LogP contribution in [-0.4, -0.2) is 23.2 Å². The molecule has 0 saturated carbocycles. The van der Waals surface area contributed by atoms with E-state index in [9.17, 15) is 13.6 Å². The molecule has 20 heavy (non-hydrogen) atoms. The number of nitrogens with one attached hydrogen (secondary N) is 1. The largest absolute Gasteiger partial charge is 0.494 e. The van der Waals surface area contributed by atoms with Crippen molar-refractivity contribution in [2.75, 3.05) is 12.4 Å². The lowest BCUT2D eigenvalue weighted by Crippen LogP contribution is -2.05. The summed E-state index contributed by atoms with van der Waals surface area (Å²) in [7, 11) is 1.32. The molecule has 1 heterocycles. The number of carboxylic acids is 1. The van der Waals surface area contributed by atoms with Crippen LogP contribution < -0.4 is 10.1 Å². The van der Waals surface area contributed by atoms with Crippen molar-refractivity contribution in [3.05, 3.63) is 47.7 Å². The standard InChI is InChI=1S/C13H10F2N2O3/c1-20-10-3-2-7(6-9(10)14)17-12-11(15)8(13(18)19)4-5-16-12/h2-6H,1H3,(H,16,17)(H,18,19). The van der Waals surface area contributed by atoms with Gasteiger partial charge < -0.3 is 15.2 Å². The van der Waals surface area contributed by atoms with E-state index < -0.39 is 23.2 Å². The van der Waals surface area contributed by atoms with Gasteiger partial charge >= 0.3 is 5.97 Å². The minimum Gasteiger partial charge on any atom is -0.494 e. The first-order valence-corrected chi connectivity index (χ1v) is 5.51. The number of ether oxygens (including phenoxy) is 1. The Labute approximate surface area is 112 Å². The van der Waals surface area contributed by atoms with E-state index in [0.717, 1.165) is 18.3 Å². The number of carboxylic acid groups (broad SMARTS) is 1. The van der Waals surface area contributed by atoms with Gasteiger partial charge in [0.15, 0.2) is 23.2 Å². The molecule has 0 bridgehead atoms. The van der Waals surface area contributed by atoms with Gasteiger partial charge in [0.05, 0.1) is 7.11 Å². The van der Waals surface area contributed by atoms with E-state index >= 15 is 0 Å². The van der Waals surface area contributed by atoms with E-state index in [2.05, 4.69) is 10.3 Å². The van der Waals surface area contributed by atoms with Crippen LogP contribution in [0.1, 0.15) is 10.4 Å². The van der Waals surface area contributed by atoms with Crippen molar-refractivity contribution in [2.24, 2.45) is 0 Å². The van der Waals surface area contributed by atoms with Crippen molar-refractivity contribution in [1.29, 1.82) is 0 Å². The number of aromatic nitrogens is 1. The Morgan fingerprint density at radius 2 is 2.10 bits per heavy atom. The first kappa shape index (κ1) is 13.7. The number of carbonyl (C=O) groups is 1. The Bertz CT molecular complexity index is 662. The molecular weight excluding hydrogens is 270 g/mol. The van der Waals surface area contributed by atoms with Gasteiger partial charge in [-0.15, -0.1) is 0 Å². The van der Waals surface area contributed by atoms with Crippen LogP contribution in [0.15, 0.2) is 30.5 Å². The highest BCUT2D eigenvalue weighted by Gasteiger charge is 2.15. The lowest BCUT2D eigenvalue weighted by molar-refractivity contribution is 0.0692. The summed E-state index contributed by atoms with van der Waals surface area (Å²) in [4.78, 5) is 14.5. The number of pyridine rings is 1. The molecule has 7 heteroatoms. The second-order valence-electron chi connectivity index (χ2n) is 3.80. The minimum atomic E-state index is -1.41. The van der Waals surface area contributed by atoms with Crippen LogP contribution >= 0.6 is 0 Å². The van der Waals surface area contributed by atoms with Crippen molar-refractivity contribution in [3.63, 3.8) is 0 Å². The number of nitrogens with zero attached hydrogens (tertiary/aromatic N) is 1. The highest BCUT2D eigenvalue weighted by molar-refractivity contribution is 5.89. The molecule has 2 N–H and O–H groups in total. The van der Waals surface area contributed by atoms with Crippen LogP contribution in [0.3, 0.4) is 0 Å². The van der Waals surface area contributed by atoms with E-state index in [-0.39, 0.29) is 17.3 Å². The summed E-state index contributed by atoms with van der Waals surface area (Å²) in [6.07, 6.45) is 1.15. The molecule has 104 valence electrons. The molecule has 0 atom stereocenters. The van der Waals surface area contributed by atoms with Gasteiger partial charge in [0.25, 0.3) is 0 Å². The van der Waals surface area contributed by atoms with E-state index in [1.165, 1.54) is 19.2 Å². The maximum atomic E-state index is 13.8. The fourth-order valence-corrected chi connectivity index (χ4v) is 1.58. The van der Waals surface area contributed by atoms with Crippen molar-refractivity contribution >= 4 is 17.5 Å². The molecule has 0 radical (unpaired) electrons. The SMILES string of the molecule is COc1ccc(Nc2nccc(C(=O)O)c2F)cc1F. The first-order chi connectivity index (χ1) is 9.52. The monoisotopic (exact) mass is 280 g/mol. The van der Waals surface area contributed by atoms with Crippen molar-refractivity contribution in [1.82, 2.24) is 4.98 Å². The Balaban J connectivity index is 2.33. The van der Waals surface area contributed by atoms with E-state index in [4.69, 9.17) is 9.84 Å². The van der Waals surface area contributed by atoms with Gasteiger partial charge in [-0.05, 0) is 18.2 Å². The molecule has 2 rings (SSSR count). The topological polar surface area (TPSA) is 71.5 Å². The fourth-order valence-electron chi connectivity index (χ4n) is 1.58. The van der Waals surface area contributed by atoms with E-state index in [1.54, 1.807) is 0 Å². The number of rotatable bonds is 4. The maximum Gasteiger partial charge on any atom is 0.338 e. The third-order valence-electron chi connectivity index (χ3n) is 2.53. The van der Waals surface area contributed by atoms with Crippen LogP contribution in [0, 0.1) is 11.6 Å². The third kappa shape index (κ3) is 2.66. The van der Waals surface area contributed by atoms with Gasteiger partial charge in [-0.2, -0.15) is 0 Å². The van der Waals surface area contributed by atoms with E-state index in [0.29, 0.717) is 0 Å². The number of methoxy groups -OCH3 is 1. The van der Waals surface area contributed by atoms with Gasteiger partial charge in [-0.3, -0.25) is 0 Å². The highest BCUT2D eigenvalue weighted by atomic mass is 19.1. The third-order valence-corrected chi connectivity index (χ3v) is 2.53. The molecule has 0 fully saturated rings. The quantitative estimate of drug-likeness (QED) is 0.901. The number of hydrogen-bond donors (Lipinski definition) is 2. The molecule has 2 aromatic rings. The average Bonchev–Trinajstić information content (AvgIpc) is 2.41. The number of hydrogen-bond acceptors (Lipinski definition) is 4. The average molecular weight is 280 g/mol. The predicted octanol–water partition coefficient (Wildman–Crippen LogP) is 2.81. The van der Waals surface area contributed by atoms with Gasteiger partial charge in [0.2, 0.25) is 0 Å². The number of aromatic carboxylic acids is 1. The molecular formula is C13H10F2N2O3. The van der Waals surface area contributed by atoms with Crippen LogP contribution in [0.4, 0.5) is 20.3 Å². The molecule has 0 aliphatic rings. The van der Waals surface area contributed by atoms with Crippen LogP contribution in [0.25, 0.3) is 0 Å². The van der Waals surface area contributed by atoms with Crippen molar-refractivity contribution in [3.8, 4) is 5.75 Å². The van der Waals surface area contributed by atoms with Crippen LogP contribution in [0.2, 0.25) is 0 Å². The molecule has 0 saturated heterocycles. The number of benzene rings is 1. The van der Waals surface area contributed by atoms with Gasteiger partial charge in [0.1, 0.15) is 5.56 Å². The zero-order valence-corrected chi connectivity index (χ0v) is 10.4. The summed E-state index contributed by atoms with van der Waals surface area (Å²) in [6, 6.07) is 4.94. The summed E-state index contributed by atoms with van der Waals surface area (Å²) >= 11 is 0. The summed E-state index contributed by atoms with van der Waals surface area (Å²) in [5.41, 5.74) is -0.297. The lowest BCUT2D eigenvalue weighted by atomic mass is 10.2. The Morgan fingerprint density at radius 1 is 1.35 bits per heavy atom. The predicted molar refractivity (Wildman–Crippen MR) is 67.4 cm³/mol. The Hall–Kier alpha value is -2.70. The first-order valence-electron chi connectivity index (χ1n) is 5.51. The summed E-state index contributed by atoms with van der Waals surface area (Å²) in [6.45, 7) is 0. The van der Waals surface area contributed by atoms with Gasteiger partial charge in [-0.1, -0.05) is 0 Å². The van der Waals surface area contributed by atoms with Crippen molar-refractivity contribution in [2.45, 2.75) is 0 Å². The molecule has 0 unspecified atom stereocenters. The molecule has 0 aliphatic carbocycles. The molecule has 0 aliphatic heterocycles. The zero-order valence-electron chi connectivity index (χ0n) is 10.4. The zero-order chi connectivity index (χ0) is 14.7. The molecule has 1 aromatic carbocycles. The van der Waals surface area contributed by atoms with E-state index in [1.807, 2.05) is 0 Å². The maximum absolute atomic E-state index is 13.8. The summed E-state index contributed by atoms with van der Waals surface area (Å²) < 4.78 is 32.1. The number of anilines is 2. The molecule has 1 aromatic heterocycles. The lowest BCUT2D eigenvalue weighted by Gasteiger charge is -2.09. The molecule has 5 nitrogen and oxygen atoms in total. The summed E-state index contributed by atoms with van der Waals surface area (Å²) in [5, 5.41) is 11.3. The molecule has 0 spiro atoms. The fraction of sp³-hybridized carbons (Fsp3) is 0.0769. The Morgan fingerprint density at radius 3 is 2.70 bits per heavy atom. The Kier molecular flexibility index (Phi) is 3.79. The summed E-state index contributed by atoms with van der Waals surface area (Å²) in [5.74, 6) is -3.31. The normalized spacial score (nSPS) is 10.2. The second kappa shape index (κ2) is 5.52. The van der Waals surface area contributed by atoms with Crippen LogP contribution in [0.5, 0.6) is 5.75 Å². The smallest absolute Gasteiger partial charge is 0.338 e.